The molecule has 6 heteroatoms. The number of hydrogen-bond acceptors (Lipinski definition) is 4. The van der Waals surface area contributed by atoms with Crippen molar-refractivity contribution in [2.75, 3.05) is 18.0 Å². The standard InChI is InChI=1S/C21H21N5O/c1-2-25(14-13-16-9-5-3-6-10-16)21-23-19-18(20(27)24-21)15-22-26(19)17-11-7-4-8-12-17/h3-12,15H,2,13-14H2,1H3,(H,23,24,27). The molecule has 2 aromatic heterocycles. The maximum absolute atomic E-state index is 12.6. The molecule has 2 aromatic carbocycles. The second-order valence-electron chi connectivity index (χ2n) is 6.33. The van der Waals surface area contributed by atoms with Gasteiger partial charge in [-0.05, 0) is 31.0 Å². The van der Waals surface area contributed by atoms with E-state index in [1.54, 1.807) is 10.9 Å². The maximum Gasteiger partial charge on any atom is 0.263 e. The van der Waals surface area contributed by atoms with Crippen molar-refractivity contribution >= 4 is 17.0 Å². The van der Waals surface area contributed by atoms with Crippen LogP contribution in [-0.4, -0.2) is 32.8 Å². The Morgan fingerprint density at radius 2 is 1.74 bits per heavy atom. The molecule has 136 valence electrons. The second kappa shape index (κ2) is 7.45. The molecule has 6 nitrogen and oxygen atoms in total. The Balaban J connectivity index is 1.69. The van der Waals surface area contributed by atoms with Crippen LogP contribution < -0.4 is 10.5 Å². The van der Waals surface area contributed by atoms with E-state index in [-0.39, 0.29) is 5.56 Å². The lowest BCUT2D eigenvalue weighted by Crippen LogP contribution is -2.29. The number of benzene rings is 2. The monoisotopic (exact) mass is 359 g/mol. The molecule has 0 fully saturated rings. The van der Waals surface area contributed by atoms with Crippen molar-refractivity contribution in [2.45, 2.75) is 13.3 Å². The number of aromatic nitrogens is 4. The normalized spacial score (nSPS) is 11.0. The van der Waals surface area contributed by atoms with Crippen molar-refractivity contribution in [2.24, 2.45) is 0 Å². The van der Waals surface area contributed by atoms with Gasteiger partial charge in [0.25, 0.3) is 5.56 Å². The Kier molecular flexibility index (Phi) is 4.70. The Morgan fingerprint density at radius 1 is 1.04 bits per heavy atom. The van der Waals surface area contributed by atoms with Gasteiger partial charge in [0.2, 0.25) is 5.95 Å². The molecule has 0 radical (unpaired) electrons. The van der Waals surface area contributed by atoms with Crippen LogP contribution in [-0.2, 0) is 6.42 Å². The summed E-state index contributed by atoms with van der Waals surface area (Å²) in [7, 11) is 0. The van der Waals surface area contributed by atoms with Crippen LogP contribution in [0.2, 0.25) is 0 Å². The van der Waals surface area contributed by atoms with Crippen LogP contribution in [0.15, 0.2) is 71.7 Å². The SMILES string of the molecule is CCN(CCc1ccccc1)c1nc2c(cnn2-c2ccccc2)c(=O)[nH]1. The summed E-state index contributed by atoms with van der Waals surface area (Å²) in [6, 6.07) is 20.0. The fraction of sp³-hybridized carbons (Fsp3) is 0.190. The molecule has 0 aliphatic rings. The maximum atomic E-state index is 12.6. The Morgan fingerprint density at radius 3 is 2.44 bits per heavy atom. The van der Waals surface area contributed by atoms with E-state index in [9.17, 15) is 4.79 Å². The van der Waals surface area contributed by atoms with Gasteiger partial charge in [-0.1, -0.05) is 48.5 Å². The highest BCUT2D eigenvalue weighted by atomic mass is 16.1. The molecule has 0 atom stereocenters. The third kappa shape index (κ3) is 3.46. The van der Waals surface area contributed by atoms with Gasteiger partial charge in [-0.3, -0.25) is 9.78 Å². The minimum absolute atomic E-state index is 0.171. The number of para-hydroxylation sites is 1. The van der Waals surface area contributed by atoms with Gasteiger partial charge in [-0.15, -0.1) is 0 Å². The molecule has 4 aromatic rings. The number of fused-ring (bicyclic) bond motifs is 1. The van der Waals surface area contributed by atoms with Gasteiger partial charge in [0.1, 0.15) is 5.39 Å². The molecule has 2 heterocycles. The van der Waals surface area contributed by atoms with E-state index in [0.717, 1.165) is 25.2 Å². The fourth-order valence-corrected chi connectivity index (χ4v) is 3.14. The fourth-order valence-electron chi connectivity index (χ4n) is 3.14. The molecule has 0 unspecified atom stereocenters. The van der Waals surface area contributed by atoms with Crippen LogP contribution in [0, 0.1) is 0 Å². The summed E-state index contributed by atoms with van der Waals surface area (Å²) in [6.45, 7) is 3.58. The highest BCUT2D eigenvalue weighted by Crippen LogP contribution is 2.16. The summed E-state index contributed by atoms with van der Waals surface area (Å²) in [6.07, 6.45) is 2.45. The summed E-state index contributed by atoms with van der Waals surface area (Å²) in [4.78, 5) is 22.3. The number of anilines is 1. The van der Waals surface area contributed by atoms with Crippen molar-refractivity contribution in [3.05, 3.63) is 82.8 Å². The summed E-state index contributed by atoms with van der Waals surface area (Å²) in [5.41, 5.74) is 2.53. The highest BCUT2D eigenvalue weighted by Gasteiger charge is 2.14. The van der Waals surface area contributed by atoms with Gasteiger partial charge in [0, 0.05) is 13.1 Å². The van der Waals surface area contributed by atoms with Crippen LogP contribution in [0.3, 0.4) is 0 Å². The molecule has 0 saturated heterocycles. The molecule has 0 bridgehead atoms. The van der Waals surface area contributed by atoms with Crippen molar-refractivity contribution < 1.29 is 0 Å². The van der Waals surface area contributed by atoms with Crippen LogP contribution in [0.4, 0.5) is 5.95 Å². The summed E-state index contributed by atoms with van der Waals surface area (Å²) >= 11 is 0. The van der Waals surface area contributed by atoms with Gasteiger partial charge in [-0.25, -0.2) is 4.68 Å². The first-order valence-electron chi connectivity index (χ1n) is 9.08. The van der Waals surface area contributed by atoms with Crippen LogP contribution in [0.1, 0.15) is 12.5 Å². The van der Waals surface area contributed by atoms with Crippen LogP contribution in [0.25, 0.3) is 16.7 Å². The quantitative estimate of drug-likeness (QED) is 0.574. The third-order valence-electron chi connectivity index (χ3n) is 4.62. The first kappa shape index (κ1) is 17.0. The van der Waals surface area contributed by atoms with Crippen molar-refractivity contribution in [3.8, 4) is 5.69 Å². The van der Waals surface area contributed by atoms with E-state index in [2.05, 4.69) is 34.0 Å². The summed E-state index contributed by atoms with van der Waals surface area (Å²) in [5.74, 6) is 0.573. The first-order chi connectivity index (χ1) is 13.3. The van der Waals surface area contributed by atoms with Gasteiger partial charge in [0.15, 0.2) is 5.65 Å². The zero-order chi connectivity index (χ0) is 18.6. The third-order valence-corrected chi connectivity index (χ3v) is 4.62. The summed E-state index contributed by atoms with van der Waals surface area (Å²) in [5, 5.41) is 4.85. The van der Waals surface area contributed by atoms with E-state index in [1.807, 2.05) is 48.5 Å². The topological polar surface area (TPSA) is 66.8 Å². The zero-order valence-corrected chi connectivity index (χ0v) is 15.2. The molecule has 0 aliphatic heterocycles. The molecular weight excluding hydrogens is 338 g/mol. The molecule has 1 N–H and O–H groups in total. The number of likely N-dealkylation sites (N-methyl/N-ethyl adjacent to an activating group) is 1. The van der Waals surface area contributed by atoms with Gasteiger partial charge >= 0.3 is 0 Å². The minimum atomic E-state index is -0.171. The lowest BCUT2D eigenvalue weighted by Gasteiger charge is -2.21. The van der Waals surface area contributed by atoms with E-state index in [4.69, 9.17) is 4.98 Å². The number of aromatic amines is 1. The van der Waals surface area contributed by atoms with E-state index < -0.39 is 0 Å². The number of nitrogens with one attached hydrogen (secondary N) is 1. The molecule has 27 heavy (non-hydrogen) atoms. The van der Waals surface area contributed by atoms with Gasteiger partial charge in [0.05, 0.1) is 11.9 Å². The van der Waals surface area contributed by atoms with Crippen molar-refractivity contribution in [1.29, 1.82) is 0 Å². The Hall–Kier alpha value is -3.41. The summed E-state index contributed by atoms with van der Waals surface area (Å²) < 4.78 is 1.71. The van der Waals surface area contributed by atoms with Gasteiger partial charge < -0.3 is 4.90 Å². The number of nitrogens with zero attached hydrogens (tertiary/aromatic N) is 4. The molecule has 0 saturated carbocycles. The average molecular weight is 359 g/mol. The van der Waals surface area contributed by atoms with Crippen LogP contribution in [0.5, 0.6) is 0 Å². The van der Waals surface area contributed by atoms with E-state index in [0.29, 0.717) is 17.0 Å². The van der Waals surface area contributed by atoms with Crippen molar-refractivity contribution in [3.63, 3.8) is 0 Å². The molecule has 0 spiro atoms. The Labute approximate surface area is 157 Å². The molecule has 0 amide bonds. The minimum Gasteiger partial charge on any atom is -0.342 e. The predicted octanol–water partition coefficient (Wildman–Crippen LogP) is 3.18. The molecular formula is C21H21N5O. The van der Waals surface area contributed by atoms with Gasteiger partial charge in [-0.2, -0.15) is 10.1 Å². The van der Waals surface area contributed by atoms with E-state index in [1.165, 1.54) is 5.56 Å². The van der Waals surface area contributed by atoms with Crippen molar-refractivity contribution in [1.82, 2.24) is 19.7 Å². The number of hydrogen-bond donors (Lipinski definition) is 1. The lowest BCUT2D eigenvalue weighted by atomic mass is 10.1. The highest BCUT2D eigenvalue weighted by molar-refractivity contribution is 5.76. The first-order valence-corrected chi connectivity index (χ1v) is 9.08. The zero-order valence-electron chi connectivity index (χ0n) is 15.2. The lowest BCUT2D eigenvalue weighted by molar-refractivity contribution is 0.773. The number of H-pyrrole nitrogens is 1. The number of rotatable bonds is 6. The van der Waals surface area contributed by atoms with E-state index >= 15 is 0 Å². The predicted molar refractivity (Wildman–Crippen MR) is 108 cm³/mol. The molecule has 0 aliphatic carbocycles. The average Bonchev–Trinajstić information content (AvgIpc) is 3.15. The second-order valence-corrected chi connectivity index (χ2v) is 6.33. The van der Waals surface area contributed by atoms with Crippen LogP contribution >= 0.6 is 0 Å². The molecule has 4 rings (SSSR count). The largest absolute Gasteiger partial charge is 0.342 e. The smallest absolute Gasteiger partial charge is 0.263 e. The Bertz CT molecular complexity index is 1090.